The summed E-state index contributed by atoms with van der Waals surface area (Å²) in [5.41, 5.74) is 0. The van der Waals surface area contributed by atoms with E-state index in [4.69, 9.17) is 0 Å². The van der Waals surface area contributed by atoms with Gasteiger partial charge in [0.05, 0.1) is 16.6 Å². The van der Waals surface area contributed by atoms with Crippen molar-refractivity contribution in [2.75, 3.05) is 0 Å². The van der Waals surface area contributed by atoms with Crippen molar-refractivity contribution in [3.63, 3.8) is 0 Å². The molecule has 0 spiro atoms. The zero-order valence-electron chi connectivity index (χ0n) is 6.59. The van der Waals surface area contributed by atoms with Crippen LogP contribution in [-0.2, 0) is 0 Å². The van der Waals surface area contributed by atoms with E-state index in [-0.39, 0.29) is 0 Å². The SMILES string of the molecule is C=[NH+]/C=N\c1nc(C)sc1C. The molecule has 1 N–H and O–H groups in total. The summed E-state index contributed by atoms with van der Waals surface area (Å²) >= 11 is 1.65. The highest BCUT2D eigenvalue weighted by atomic mass is 32.1. The Bertz CT molecular complexity index is 288. The van der Waals surface area contributed by atoms with Gasteiger partial charge in [0.15, 0.2) is 0 Å². The summed E-state index contributed by atoms with van der Waals surface area (Å²) in [6.45, 7) is 7.38. The van der Waals surface area contributed by atoms with E-state index < -0.39 is 0 Å². The van der Waals surface area contributed by atoms with E-state index >= 15 is 0 Å². The van der Waals surface area contributed by atoms with Crippen molar-refractivity contribution in [2.24, 2.45) is 4.99 Å². The summed E-state index contributed by atoms with van der Waals surface area (Å²) in [4.78, 5) is 12.0. The average molecular weight is 168 g/mol. The molecule has 0 fully saturated rings. The number of aliphatic imine (C=N–C) groups is 1. The topological polar surface area (TPSA) is 39.2 Å². The molecule has 1 heterocycles. The van der Waals surface area contributed by atoms with Crippen molar-refractivity contribution in [2.45, 2.75) is 13.8 Å². The molecule has 4 heteroatoms. The number of rotatable bonds is 2. The molecular weight excluding hydrogens is 158 g/mol. The summed E-state index contributed by atoms with van der Waals surface area (Å²) in [5, 5.41) is 1.04. The molecule has 0 atom stereocenters. The second-order valence-electron chi connectivity index (χ2n) is 2.07. The molecule has 3 nitrogen and oxygen atoms in total. The molecule has 0 saturated carbocycles. The molecule has 0 aliphatic rings. The van der Waals surface area contributed by atoms with Crippen LogP contribution in [0.2, 0.25) is 0 Å². The highest BCUT2D eigenvalue weighted by molar-refractivity contribution is 7.11. The van der Waals surface area contributed by atoms with Crippen molar-refractivity contribution in [1.82, 2.24) is 4.98 Å². The van der Waals surface area contributed by atoms with E-state index in [1.165, 1.54) is 6.34 Å². The average Bonchev–Trinajstić information content (AvgIpc) is 2.26. The van der Waals surface area contributed by atoms with Gasteiger partial charge in [0.25, 0.3) is 12.2 Å². The first kappa shape index (κ1) is 8.07. The van der Waals surface area contributed by atoms with Gasteiger partial charge in [-0.25, -0.2) is 0 Å². The number of aromatic nitrogens is 1. The Hall–Kier alpha value is -1.03. The highest BCUT2D eigenvalue weighted by Crippen LogP contribution is 2.22. The molecule has 1 rings (SSSR count). The van der Waals surface area contributed by atoms with E-state index in [9.17, 15) is 0 Å². The summed E-state index contributed by atoms with van der Waals surface area (Å²) in [6.07, 6.45) is 1.53. The Labute approximate surface area is 69.5 Å². The lowest BCUT2D eigenvalue weighted by Crippen LogP contribution is -2.63. The molecule has 58 valence electrons. The molecule has 0 amide bonds. The lowest BCUT2D eigenvalue weighted by molar-refractivity contribution is -0.291. The second-order valence-corrected chi connectivity index (χ2v) is 3.48. The van der Waals surface area contributed by atoms with Gasteiger partial charge in [0.1, 0.15) is 0 Å². The van der Waals surface area contributed by atoms with E-state index in [1.54, 1.807) is 11.3 Å². The molecular formula is C7H10N3S+. The maximum atomic E-state index is 4.20. The molecule has 0 saturated heterocycles. The molecule has 0 unspecified atom stereocenters. The smallest absolute Gasteiger partial charge is 0.257 e. The van der Waals surface area contributed by atoms with Crippen molar-refractivity contribution in [3.05, 3.63) is 9.88 Å². The monoisotopic (exact) mass is 168 g/mol. The molecule has 1 aromatic heterocycles. The summed E-state index contributed by atoms with van der Waals surface area (Å²) in [7, 11) is 0. The molecule has 0 aliphatic heterocycles. The minimum absolute atomic E-state index is 0.781. The van der Waals surface area contributed by atoms with Crippen LogP contribution in [0.1, 0.15) is 9.88 Å². The van der Waals surface area contributed by atoms with Crippen LogP contribution in [0.25, 0.3) is 0 Å². The maximum absolute atomic E-state index is 4.20. The predicted octanol–water partition coefficient (Wildman–Crippen LogP) is 0.201. The van der Waals surface area contributed by atoms with Crippen LogP contribution < -0.4 is 4.99 Å². The van der Waals surface area contributed by atoms with Gasteiger partial charge in [-0.05, 0) is 18.8 Å². The van der Waals surface area contributed by atoms with Gasteiger partial charge in [-0.3, -0.25) is 4.99 Å². The summed E-state index contributed by atoms with van der Waals surface area (Å²) < 4.78 is 0. The number of hydrogen-bond donors (Lipinski definition) is 1. The van der Waals surface area contributed by atoms with Crippen LogP contribution in [0.3, 0.4) is 0 Å². The zero-order chi connectivity index (χ0) is 8.27. The van der Waals surface area contributed by atoms with Crippen molar-refractivity contribution < 1.29 is 4.99 Å². The Kier molecular flexibility index (Phi) is 2.48. The second kappa shape index (κ2) is 3.39. The van der Waals surface area contributed by atoms with Crippen LogP contribution >= 0.6 is 11.3 Å². The largest absolute Gasteiger partial charge is 0.286 e. The third-order valence-electron chi connectivity index (χ3n) is 1.16. The van der Waals surface area contributed by atoms with E-state index in [2.05, 4.69) is 21.7 Å². The minimum Gasteiger partial charge on any atom is -0.257 e. The molecule has 0 radical (unpaired) electrons. The quantitative estimate of drug-likeness (QED) is 0.497. The lowest BCUT2D eigenvalue weighted by atomic mass is 10.5. The number of nitrogens with zero attached hydrogens (tertiary/aromatic N) is 2. The van der Waals surface area contributed by atoms with Crippen molar-refractivity contribution >= 4 is 30.2 Å². The van der Waals surface area contributed by atoms with Crippen LogP contribution in [0.15, 0.2) is 4.99 Å². The Morgan fingerprint density at radius 2 is 2.36 bits per heavy atom. The van der Waals surface area contributed by atoms with E-state index in [0.29, 0.717) is 0 Å². The fourth-order valence-electron chi connectivity index (χ4n) is 0.744. The van der Waals surface area contributed by atoms with Gasteiger partial charge in [-0.15, -0.1) is 11.3 Å². The van der Waals surface area contributed by atoms with Gasteiger partial charge >= 0.3 is 0 Å². The van der Waals surface area contributed by atoms with E-state index in [0.717, 1.165) is 15.7 Å². The first-order chi connectivity index (χ1) is 5.24. The van der Waals surface area contributed by atoms with E-state index in [1.807, 2.05) is 13.8 Å². The molecule has 11 heavy (non-hydrogen) atoms. The fraction of sp³-hybridized carbons (Fsp3) is 0.286. The summed E-state index contributed by atoms with van der Waals surface area (Å²) in [5.74, 6) is 0.781. The first-order valence-electron chi connectivity index (χ1n) is 3.23. The standard InChI is InChI=1S/C7H9N3S/c1-5-7(9-4-8-3)10-6(2)11-5/h4H,3H2,1-2H3/p+1/b9-4-. The third-order valence-corrected chi connectivity index (χ3v) is 2.03. The number of nitrogens with one attached hydrogen (secondary N) is 1. The van der Waals surface area contributed by atoms with Gasteiger partial charge in [-0.1, -0.05) is 0 Å². The minimum atomic E-state index is 0.781. The molecule has 0 aliphatic carbocycles. The molecule has 1 aromatic rings. The number of aryl methyl sites for hydroxylation is 2. The normalized spacial score (nSPS) is 10.7. The maximum Gasteiger partial charge on any atom is 0.286 e. The number of hydrogen-bond acceptors (Lipinski definition) is 3. The Morgan fingerprint density at radius 1 is 1.64 bits per heavy atom. The first-order valence-corrected chi connectivity index (χ1v) is 4.05. The van der Waals surface area contributed by atoms with Crippen LogP contribution in [0.5, 0.6) is 0 Å². The van der Waals surface area contributed by atoms with Crippen LogP contribution in [0, 0.1) is 13.8 Å². The van der Waals surface area contributed by atoms with Gasteiger partial charge < -0.3 is 0 Å². The molecule has 0 bridgehead atoms. The summed E-state index contributed by atoms with van der Waals surface area (Å²) in [6, 6.07) is 0. The Balaban J connectivity index is 2.93. The van der Waals surface area contributed by atoms with Gasteiger partial charge in [-0.2, -0.15) is 4.98 Å². The van der Waals surface area contributed by atoms with Gasteiger partial charge in [0.2, 0.25) is 0 Å². The van der Waals surface area contributed by atoms with Crippen molar-refractivity contribution in [3.8, 4) is 0 Å². The third kappa shape index (κ3) is 1.94. The zero-order valence-corrected chi connectivity index (χ0v) is 7.40. The fourth-order valence-corrected chi connectivity index (χ4v) is 1.51. The van der Waals surface area contributed by atoms with Crippen molar-refractivity contribution in [1.29, 1.82) is 0 Å². The van der Waals surface area contributed by atoms with Gasteiger partial charge in [0, 0.05) is 0 Å². The number of thiazole rings is 1. The lowest BCUT2D eigenvalue weighted by Gasteiger charge is -1.74. The van der Waals surface area contributed by atoms with Crippen LogP contribution in [0.4, 0.5) is 5.82 Å². The highest BCUT2D eigenvalue weighted by Gasteiger charge is 2.06. The molecule has 0 aromatic carbocycles. The Morgan fingerprint density at radius 3 is 2.82 bits per heavy atom. The predicted molar refractivity (Wildman–Crippen MR) is 47.8 cm³/mol. The van der Waals surface area contributed by atoms with Crippen LogP contribution in [-0.4, -0.2) is 18.0 Å².